The molecule has 68 valence electrons. The maximum atomic E-state index is 4.01. The molecule has 0 unspecified atom stereocenters. The fraction of sp³-hybridized carbons (Fsp3) is 0.625. The minimum Gasteiger partial charge on any atom is -0.311 e. The summed E-state index contributed by atoms with van der Waals surface area (Å²) in [6, 6.07) is 0. The SMILES string of the molecule is CCSCCNCc1cncs1. The lowest BCUT2D eigenvalue weighted by molar-refractivity contribution is 0.740. The third kappa shape index (κ3) is 4.09. The van der Waals surface area contributed by atoms with Crippen molar-refractivity contribution in [3.8, 4) is 0 Å². The van der Waals surface area contributed by atoms with Crippen molar-refractivity contribution in [1.29, 1.82) is 0 Å². The summed E-state index contributed by atoms with van der Waals surface area (Å²) >= 11 is 3.68. The number of aromatic nitrogens is 1. The molecule has 0 aliphatic carbocycles. The van der Waals surface area contributed by atoms with Gasteiger partial charge < -0.3 is 5.32 Å². The monoisotopic (exact) mass is 202 g/mol. The molecule has 0 aliphatic heterocycles. The Bertz CT molecular complexity index is 187. The van der Waals surface area contributed by atoms with Crippen LogP contribution in [0.1, 0.15) is 11.8 Å². The van der Waals surface area contributed by atoms with Crippen LogP contribution in [0.15, 0.2) is 11.7 Å². The molecule has 0 aliphatic rings. The Labute approximate surface area is 81.8 Å². The highest BCUT2D eigenvalue weighted by Gasteiger charge is 1.92. The lowest BCUT2D eigenvalue weighted by atomic mass is 10.5. The van der Waals surface area contributed by atoms with E-state index in [0.29, 0.717) is 0 Å². The number of nitrogens with zero attached hydrogens (tertiary/aromatic N) is 1. The van der Waals surface area contributed by atoms with Crippen LogP contribution >= 0.6 is 23.1 Å². The highest BCUT2D eigenvalue weighted by molar-refractivity contribution is 7.99. The molecule has 1 aromatic rings. The average molecular weight is 202 g/mol. The summed E-state index contributed by atoms with van der Waals surface area (Å²) in [4.78, 5) is 5.33. The van der Waals surface area contributed by atoms with Gasteiger partial charge in [-0.05, 0) is 5.75 Å². The van der Waals surface area contributed by atoms with Gasteiger partial charge in [0, 0.05) is 29.9 Å². The Balaban J connectivity index is 1.96. The van der Waals surface area contributed by atoms with Crippen molar-refractivity contribution >= 4 is 23.1 Å². The van der Waals surface area contributed by atoms with Gasteiger partial charge in [-0.1, -0.05) is 6.92 Å². The number of hydrogen-bond acceptors (Lipinski definition) is 4. The molecule has 0 saturated heterocycles. The molecule has 1 heterocycles. The van der Waals surface area contributed by atoms with Gasteiger partial charge in [-0.15, -0.1) is 11.3 Å². The highest BCUT2D eigenvalue weighted by Crippen LogP contribution is 2.04. The summed E-state index contributed by atoms with van der Waals surface area (Å²) < 4.78 is 0. The van der Waals surface area contributed by atoms with E-state index in [0.717, 1.165) is 13.1 Å². The molecule has 0 atom stereocenters. The standard InChI is InChI=1S/C8H14N2S2/c1-2-11-4-3-9-5-8-6-10-7-12-8/h6-7,9H,2-5H2,1H3. The van der Waals surface area contributed by atoms with Gasteiger partial charge in [0.1, 0.15) is 0 Å². The molecule has 0 spiro atoms. The first kappa shape index (κ1) is 10.0. The molecule has 1 rings (SSSR count). The zero-order valence-corrected chi connectivity index (χ0v) is 8.88. The van der Waals surface area contributed by atoms with E-state index < -0.39 is 0 Å². The Kier molecular flexibility index (Phi) is 5.39. The molecule has 0 saturated carbocycles. The van der Waals surface area contributed by atoms with Gasteiger partial charge in [0.15, 0.2) is 0 Å². The Morgan fingerprint density at radius 3 is 3.25 bits per heavy atom. The molecule has 1 aromatic heterocycles. The Morgan fingerprint density at radius 2 is 2.58 bits per heavy atom. The highest BCUT2D eigenvalue weighted by atomic mass is 32.2. The number of rotatable bonds is 6. The molecule has 12 heavy (non-hydrogen) atoms. The summed E-state index contributed by atoms with van der Waals surface area (Å²) in [5, 5.41) is 3.37. The van der Waals surface area contributed by atoms with Gasteiger partial charge in [-0.25, -0.2) is 0 Å². The quantitative estimate of drug-likeness (QED) is 0.714. The van der Waals surface area contributed by atoms with Gasteiger partial charge in [-0.2, -0.15) is 11.8 Å². The number of hydrogen-bond donors (Lipinski definition) is 1. The zero-order valence-electron chi connectivity index (χ0n) is 7.25. The molecule has 4 heteroatoms. The van der Waals surface area contributed by atoms with E-state index in [2.05, 4.69) is 17.2 Å². The predicted octanol–water partition coefficient (Wildman–Crippen LogP) is 1.99. The second-order valence-electron chi connectivity index (χ2n) is 2.34. The second kappa shape index (κ2) is 6.46. The van der Waals surface area contributed by atoms with Crippen LogP contribution in [0, 0.1) is 0 Å². The fourth-order valence-corrected chi connectivity index (χ4v) is 1.97. The zero-order chi connectivity index (χ0) is 8.65. The molecule has 0 bridgehead atoms. The van der Waals surface area contributed by atoms with Crippen LogP contribution in [-0.4, -0.2) is 23.0 Å². The van der Waals surface area contributed by atoms with Gasteiger partial charge >= 0.3 is 0 Å². The van der Waals surface area contributed by atoms with Crippen LogP contribution in [0.3, 0.4) is 0 Å². The third-order valence-electron chi connectivity index (χ3n) is 1.41. The van der Waals surface area contributed by atoms with Crippen LogP contribution in [0.2, 0.25) is 0 Å². The van der Waals surface area contributed by atoms with E-state index in [-0.39, 0.29) is 0 Å². The van der Waals surface area contributed by atoms with E-state index in [1.54, 1.807) is 11.3 Å². The number of nitrogens with one attached hydrogen (secondary N) is 1. The molecule has 0 amide bonds. The van der Waals surface area contributed by atoms with Crippen molar-refractivity contribution in [3.05, 3.63) is 16.6 Å². The van der Waals surface area contributed by atoms with Crippen LogP contribution in [0.5, 0.6) is 0 Å². The smallest absolute Gasteiger partial charge is 0.0794 e. The Morgan fingerprint density at radius 1 is 1.67 bits per heavy atom. The predicted molar refractivity (Wildman–Crippen MR) is 56.8 cm³/mol. The number of thioether (sulfide) groups is 1. The topological polar surface area (TPSA) is 24.9 Å². The van der Waals surface area contributed by atoms with Crippen molar-refractivity contribution in [3.63, 3.8) is 0 Å². The van der Waals surface area contributed by atoms with E-state index >= 15 is 0 Å². The molecular formula is C8H14N2S2. The van der Waals surface area contributed by atoms with Crippen LogP contribution in [0.4, 0.5) is 0 Å². The molecule has 0 radical (unpaired) electrons. The van der Waals surface area contributed by atoms with Crippen molar-refractivity contribution < 1.29 is 0 Å². The third-order valence-corrected chi connectivity index (χ3v) is 3.09. The molecular weight excluding hydrogens is 188 g/mol. The maximum absolute atomic E-state index is 4.01. The average Bonchev–Trinajstić information content (AvgIpc) is 2.57. The lowest BCUT2D eigenvalue weighted by Crippen LogP contribution is -2.15. The van der Waals surface area contributed by atoms with Gasteiger partial charge in [0.25, 0.3) is 0 Å². The van der Waals surface area contributed by atoms with Gasteiger partial charge in [0.2, 0.25) is 0 Å². The van der Waals surface area contributed by atoms with Crippen molar-refractivity contribution in [2.24, 2.45) is 0 Å². The summed E-state index contributed by atoms with van der Waals surface area (Å²) in [6.07, 6.45) is 1.92. The van der Waals surface area contributed by atoms with Crippen LogP contribution in [0.25, 0.3) is 0 Å². The minimum absolute atomic E-state index is 0.967. The molecule has 1 N–H and O–H groups in total. The Hall–Kier alpha value is -0.0600. The first-order valence-corrected chi connectivity index (χ1v) is 6.12. The van der Waals surface area contributed by atoms with Crippen molar-refractivity contribution in [2.45, 2.75) is 13.5 Å². The van der Waals surface area contributed by atoms with E-state index in [1.165, 1.54) is 16.4 Å². The first-order chi connectivity index (χ1) is 5.93. The normalized spacial score (nSPS) is 10.4. The van der Waals surface area contributed by atoms with Gasteiger partial charge in [-0.3, -0.25) is 4.98 Å². The first-order valence-electron chi connectivity index (χ1n) is 4.09. The lowest BCUT2D eigenvalue weighted by Gasteiger charge is -2.00. The summed E-state index contributed by atoms with van der Waals surface area (Å²) in [5.41, 5.74) is 1.87. The fourth-order valence-electron chi connectivity index (χ4n) is 0.830. The second-order valence-corrected chi connectivity index (χ2v) is 4.71. The largest absolute Gasteiger partial charge is 0.311 e. The van der Waals surface area contributed by atoms with Gasteiger partial charge in [0.05, 0.1) is 5.51 Å². The number of thiazole rings is 1. The molecule has 0 fully saturated rings. The van der Waals surface area contributed by atoms with Crippen molar-refractivity contribution in [1.82, 2.24) is 10.3 Å². The minimum atomic E-state index is 0.967. The molecule has 2 nitrogen and oxygen atoms in total. The summed E-state index contributed by atoms with van der Waals surface area (Å²) in [7, 11) is 0. The molecule has 0 aromatic carbocycles. The van der Waals surface area contributed by atoms with E-state index in [9.17, 15) is 0 Å². The summed E-state index contributed by atoms with van der Waals surface area (Å²) in [6.45, 7) is 4.25. The van der Waals surface area contributed by atoms with Crippen LogP contribution in [-0.2, 0) is 6.54 Å². The maximum Gasteiger partial charge on any atom is 0.0794 e. The van der Waals surface area contributed by atoms with Crippen molar-refractivity contribution in [2.75, 3.05) is 18.1 Å². The van der Waals surface area contributed by atoms with E-state index in [1.807, 2.05) is 23.5 Å². The summed E-state index contributed by atoms with van der Waals surface area (Å²) in [5.74, 6) is 2.41. The van der Waals surface area contributed by atoms with E-state index in [4.69, 9.17) is 0 Å². The van der Waals surface area contributed by atoms with Crippen LogP contribution < -0.4 is 5.32 Å².